The van der Waals surface area contributed by atoms with Crippen molar-refractivity contribution in [1.29, 1.82) is 0 Å². The van der Waals surface area contributed by atoms with Crippen LogP contribution in [0.25, 0.3) is 0 Å². The molecule has 3 nitrogen and oxygen atoms in total. The molecule has 3 heteroatoms. The fourth-order valence-corrected chi connectivity index (χ4v) is 1.29. The molecule has 2 rings (SSSR count). The molecule has 2 atom stereocenters. The third-order valence-electron chi connectivity index (χ3n) is 1.98. The van der Waals surface area contributed by atoms with E-state index in [-0.39, 0.29) is 6.79 Å². The third kappa shape index (κ3) is 1.82. The highest BCUT2D eigenvalue weighted by Crippen LogP contribution is 2.32. The highest BCUT2D eigenvalue weighted by Gasteiger charge is 2.13. The van der Waals surface area contributed by atoms with Gasteiger partial charge in [-0.15, -0.1) is 0 Å². The van der Waals surface area contributed by atoms with Crippen molar-refractivity contribution in [1.82, 2.24) is 5.32 Å². The Kier molecular flexibility index (Phi) is 1.39. The first-order valence-electron chi connectivity index (χ1n) is 6.88. The lowest BCUT2D eigenvalue weighted by molar-refractivity contribution is 0.174. The van der Waals surface area contributed by atoms with E-state index in [9.17, 15) is 0 Å². The number of nitrogens with one attached hydrogen (secondary N) is 1. The van der Waals surface area contributed by atoms with Gasteiger partial charge in [-0.1, -0.05) is 6.07 Å². The average Bonchev–Trinajstić information content (AvgIpc) is 2.71. The lowest BCUT2D eigenvalue weighted by Crippen LogP contribution is -2.23. The molecule has 1 aliphatic rings. The van der Waals surface area contributed by atoms with Crippen molar-refractivity contribution in [3.63, 3.8) is 0 Å². The highest BCUT2D eigenvalue weighted by atomic mass is 16.7. The summed E-state index contributed by atoms with van der Waals surface area (Å²) in [6, 6.07) is 3.26. The van der Waals surface area contributed by atoms with E-state index in [0.29, 0.717) is 17.1 Å². The van der Waals surface area contributed by atoms with Gasteiger partial charge in [-0.2, -0.15) is 0 Å². The van der Waals surface area contributed by atoms with Gasteiger partial charge in [0.2, 0.25) is 6.79 Å². The van der Waals surface area contributed by atoms with Gasteiger partial charge in [-0.25, -0.2) is 0 Å². The molecule has 1 N–H and O–H groups in total. The largest absolute Gasteiger partial charge is 0.454 e. The van der Waals surface area contributed by atoms with E-state index in [2.05, 4.69) is 5.32 Å². The Hall–Kier alpha value is -1.22. The zero-order chi connectivity index (χ0) is 14.3. The van der Waals surface area contributed by atoms with Crippen LogP contribution in [-0.2, 0) is 6.40 Å². The van der Waals surface area contributed by atoms with E-state index in [1.165, 1.54) is 6.92 Å². The molecule has 14 heavy (non-hydrogen) atoms. The smallest absolute Gasteiger partial charge is 0.231 e. The Labute approximate surface area is 91.1 Å². The van der Waals surface area contributed by atoms with Crippen LogP contribution in [0.4, 0.5) is 0 Å². The Morgan fingerprint density at radius 1 is 1.64 bits per heavy atom. The molecule has 0 spiro atoms. The van der Waals surface area contributed by atoms with Gasteiger partial charge in [-0.05, 0) is 38.0 Å². The van der Waals surface area contributed by atoms with Crippen molar-refractivity contribution in [2.45, 2.75) is 19.3 Å². The first kappa shape index (κ1) is 5.03. The van der Waals surface area contributed by atoms with Crippen LogP contribution < -0.4 is 14.8 Å². The summed E-state index contributed by atoms with van der Waals surface area (Å²) in [5, 5.41) is 2.17. The number of rotatable bonds is 3. The molecule has 0 radical (unpaired) electrons. The number of benzene rings is 1. The van der Waals surface area contributed by atoms with Gasteiger partial charge in [0.1, 0.15) is 0 Å². The maximum Gasteiger partial charge on any atom is 0.231 e. The van der Waals surface area contributed by atoms with Crippen LogP contribution >= 0.6 is 0 Å². The molecule has 1 aromatic rings. The zero-order valence-electron chi connectivity index (χ0n) is 12.8. The van der Waals surface area contributed by atoms with Gasteiger partial charge < -0.3 is 14.8 Å². The molecule has 0 aromatic heterocycles. The van der Waals surface area contributed by atoms with Crippen molar-refractivity contribution in [3.8, 4) is 11.5 Å². The van der Waals surface area contributed by atoms with Crippen molar-refractivity contribution in [2.24, 2.45) is 0 Å². The van der Waals surface area contributed by atoms with Crippen LogP contribution in [0.3, 0.4) is 0 Å². The molecule has 1 heterocycles. The van der Waals surface area contributed by atoms with E-state index in [4.69, 9.17) is 16.3 Å². The molecule has 1 aliphatic heterocycles. The van der Waals surface area contributed by atoms with Crippen molar-refractivity contribution >= 4 is 0 Å². The first-order chi connectivity index (χ1) is 8.69. The maximum atomic E-state index is 8.06. The Balaban J connectivity index is 2.21. The van der Waals surface area contributed by atoms with E-state index < -0.39 is 19.4 Å². The fraction of sp³-hybridized carbons (Fsp3) is 0.455. The van der Waals surface area contributed by atoms with Crippen LogP contribution in [0.5, 0.6) is 11.5 Å². The second-order valence-electron chi connectivity index (χ2n) is 3.07. The van der Waals surface area contributed by atoms with Gasteiger partial charge in [0, 0.05) is 12.9 Å². The molecule has 0 saturated heterocycles. The minimum Gasteiger partial charge on any atom is -0.454 e. The second kappa shape index (κ2) is 3.88. The lowest BCUT2D eigenvalue weighted by Gasteiger charge is -2.09. The van der Waals surface area contributed by atoms with Crippen molar-refractivity contribution < 1.29 is 16.3 Å². The van der Waals surface area contributed by atoms with E-state index >= 15 is 0 Å². The summed E-state index contributed by atoms with van der Waals surface area (Å²) in [6.07, 6.45) is -1.07. The van der Waals surface area contributed by atoms with Crippen LogP contribution in [0.15, 0.2) is 18.2 Å². The quantitative estimate of drug-likeness (QED) is 0.799. The van der Waals surface area contributed by atoms with Crippen LogP contribution in [0.1, 0.15) is 19.3 Å². The van der Waals surface area contributed by atoms with Crippen LogP contribution in [-0.4, -0.2) is 19.8 Å². The van der Waals surface area contributed by atoms with E-state index in [1.54, 1.807) is 18.2 Å². The van der Waals surface area contributed by atoms with Crippen molar-refractivity contribution in [2.75, 3.05) is 13.8 Å². The number of ether oxygens (including phenoxy) is 2. The molecule has 0 aliphatic carbocycles. The maximum absolute atomic E-state index is 8.06. The minimum absolute atomic E-state index is 0.132. The highest BCUT2D eigenvalue weighted by molar-refractivity contribution is 5.44. The van der Waals surface area contributed by atoms with Crippen LogP contribution in [0, 0.1) is 0 Å². The number of hydrogen-bond donors (Lipinski definition) is 1. The number of fused-ring (bicyclic) bond motifs is 1. The summed E-state index contributed by atoms with van der Waals surface area (Å²) in [4.78, 5) is 0. The normalized spacial score (nSPS) is 26.2. The molecule has 0 amide bonds. The SMILES string of the molecule is [2H]C(c1ccc2c(c1)OCO2)C([2H])(C)NC([2H])([2H])[2H]. The zero-order valence-corrected chi connectivity index (χ0v) is 7.83. The molecule has 1 aromatic carbocycles. The molecular weight excluding hydrogens is 178 g/mol. The van der Waals surface area contributed by atoms with E-state index in [1.807, 2.05) is 0 Å². The topological polar surface area (TPSA) is 30.5 Å². The minimum atomic E-state index is -2.47. The summed E-state index contributed by atoms with van der Waals surface area (Å²) in [5.74, 6) is 1.10. The number of likely N-dealkylation sites (N-methyl/N-ethyl adjacent to an activating group) is 1. The lowest BCUT2D eigenvalue weighted by atomic mass is 10.1. The Morgan fingerprint density at radius 3 is 3.36 bits per heavy atom. The molecule has 0 saturated carbocycles. The van der Waals surface area contributed by atoms with Gasteiger partial charge in [-0.3, -0.25) is 0 Å². The third-order valence-corrected chi connectivity index (χ3v) is 1.98. The monoisotopic (exact) mass is 198 g/mol. The summed E-state index contributed by atoms with van der Waals surface area (Å²) in [6.45, 7) is -0.971. The predicted octanol–water partition coefficient (Wildman–Crippen LogP) is 1.57. The molecule has 2 unspecified atom stereocenters. The van der Waals surface area contributed by atoms with Gasteiger partial charge >= 0.3 is 0 Å². The predicted molar refractivity (Wildman–Crippen MR) is 54.8 cm³/mol. The van der Waals surface area contributed by atoms with Crippen LogP contribution in [0.2, 0.25) is 0 Å². The average molecular weight is 198 g/mol. The van der Waals surface area contributed by atoms with E-state index in [0.717, 1.165) is 0 Å². The van der Waals surface area contributed by atoms with Crippen molar-refractivity contribution in [3.05, 3.63) is 23.8 Å². The molecule has 76 valence electrons. The summed E-state index contributed by atoms with van der Waals surface area (Å²) in [7, 11) is 0. The molecular formula is C11H15NO2. The molecule has 0 fully saturated rings. The standard InChI is InChI=1S/C11H15NO2/c1-8(12-2)5-9-3-4-10-11(6-9)14-7-13-10/h3-4,6,8,12H,5,7H2,1-2H3/i2D3,5D,8D. The second-order valence-corrected chi connectivity index (χ2v) is 3.07. The number of hydrogen-bond acceptors (Lipinski definition) is 3. The summed E-state index contributed by atoms with van der Waals surface area (Å²) < 4.78 is 47.8. The summed E-state index contributed by atoms with van der Waals surface area (Å²) >= 11 is 0. The van der Waals surface area contributed by atoms with Gasteiger partial charge in [0.25, 0.3) is 0 Å². The van der Waals surface area contributed by atoms with Gasteiger partial charge in [0.05, 0.1) is 0 Å². The Bertz CT molecular complexity index is 475. The fourth-order valence-electron chi connectivity index (χ4n) is 1.29. The van der Waals surface area contributed by atoms with Gasteiger partial charge in [0.15, 0.2) is 11.5 Å². The summed E-state index contributed by atoms with van der Waals surface area (Å²) in [5.41, 5.74) is 0.499. The Morgan fingerprint density at radius 2 is 2.50 bits per heavy atom. The first-order valence-corrected chi connectivity index (χ1v) is 4.30. The molecule has 0 bridgehead atoms.